The standard InChI is InChI=1S/C23H35N5O/c1-4-24-23(25-16-19-10-5-6-11-20(19)18-27(2)3)26-17-21(22-12-9-15-29-22)28-13-7-8-14-28/h5-6,9-12,15,21H,4,7-8,13-14,16-18H2,1-3H3,(H2,24,25,26). The van der Waals surface area contributed by atoms with Gasteiger partial charge in [0.2, 0.25) is 0 Å². The van der Waals surface area contributed by atoms with Crippen molar-refractivity contribution in [2.24, 2.45) is 4.99 Å². The number of likely N-dealkylation sites (tertiary alicyclic amines) is 1. The van der Waals surface area contributed by atoms with Crippen LogP contribution in [0.25, 0.3) is 0 Å². The molecule has 1 saturated heterocycles. The molecule has 0 amide bonds. The molecule has 0 radical (unpaired) electrons. The third-order valence-electron chi connectivity index (χ3n) is 5.27. The van der Waals surface area contributed by atoms with Crippen LogP contribution in [0, 0.1) is 0 Å². The van der Waals surface area contributed by atoms with E-state index < -0.39 is 0 Å². The van der Waals surface area contributed by atoms with Crippen LogP contribution < -0.4 is 10.6 Å². The fourth-order valence-corrected chi connectivity index (χ4v) is 3.85. The van der Waals surface area contributed by atoms with E-state index in [1.807, 2.05) is 6.07 Å². The Hall–Kier alpha value is -2.31. The third-order valence-corrected chi connectivity index (χ3v) is 5.27. The topological polar surface area (TPSA) is 56.0 Å². The van der Waals surface area contributed by atoms with Crippen LogP contribution in [0.4, 0.5) is 0 Å². The number of aliphatic imine (C=N–C) groups is 1. The zero-order valence-corrected chi connectivity index (χ0v) is 18.0. The molecule has 158 valence electrons. The fraction of sp³-hybridized carbons (Fsp3) is 0.522. The lowest BCUT2D eigenvalue weighted by Gasteiger charge is -2.26. The Morgan fingerprint density at radius 2 is 1.86 bits per heavy atom. The molecule has 2 N–H and O–H groups in total. The maximum Gasteiger partial charge on any atom is 0.191 e. The zero-order valence-electron chi connectivity index (χ0n) is 18.0. The van der Waals surface area contributed by atoms with Gasteiger partial charge >= 0.3 is 0 Å². The summed E-state index contributed by atoms with van der Waals surface area (Å²) in [5.74, 6) is 1.87. The van der Waals surface area contributed by atoms with Crippen LogP contribution in [0.15, 0.2) is 52.1 Å². The highest BCUT2D eigenvalue weighted by atomic mass is 16.3. The highest BCUT2D eigenvalue weighted by Gasteiger charge is 2.25. The van der Waals surface area contributed by atoms with Crippen LogP contribution in [0.2, 0.25) is 0 Å². The summed E-state index contributed by atoms with van der Waals surface area (Å²) >= 11 is 0. The molecule has 1 aliphatic rings. The number of furan rings is 1. The summed E-state index contributed by atoms with van der Waals surface area (Å²) in [5, 5.41) is 6.93. The van der Waals surface area contributed by atoms with Crippen molar-refractivity contribution >= 4 is 5.96 Å². The summed E-state index contributed by atoms with van der Waals surface area (Å²) < 4.78 is 5.74. The third kappa shape index (κ3) is 6.34. The van der Waals surface area contributed by atoms with Crippen LogP contribution >= 0.6 is 0 Å². The molecule has 1 aromatic carbocycles. The Labute approximate surface area is 175 Å². The average molecular weight is 398 g/mol. The van der Waals surface area contributed by atoms with Gasteiger partial charge in [0.25, 0.3) is 0 Å². The predicted molar refractivity (Wildman–Crippen MR) is 119 cm³/mol. The molecule has 1 unspecified atom stereocenters. The Morgan fingerprint density at radius 1 is 1.10 bits per heavy atom. The maximum absolute atomic E-state index is 5.74. The van der Waals surface area contributed by atoms with E-state index in [1.54, 1.807) is 6.26 Å². The number of hydrogen-bond donors (Lipinski definition) is 2. The zero-order chi connectivity index (χ0) is 20.5. The first-order valence-electron chi connectivity index (χ1n) is 10.7. The highest BCUT2D eigenvalue weighted by Crippen LogP contribution is 2.24. The van der Waals surface area contributed by atoms with E-state index in [0.717, 1.165) is 44.4 Å². The number of nitrogens with zero attached hydrogens (tertiary/aromatic N) is 3. The van der Waals surface area contributed by atoms with Gasteiger partial charge in [-0.3, -0.25) is 4.90 Å². The second-order valence-electron chi connectivity index (χ2n) is 7.86. The fourth-order valence-electron chi connectivity index (χ4n) is 3.85. The van der Waals surface area contributed by atoms with Crippen molar-refractivity contribution in [3.8, 4) is 0 Å². The summed E-state index contributed by atoms with van der Waals surface area (Å²) in [5.41, 5.74) is 2.59. The second-order valence-corrected chi connectivity index (χ2v) is 7.86. The Morgan fingerprint density at radius 3 is 2.52 bits per heavy atom. The van der Waals surface area contributed by atoms with Crippen molar-refractivity contribution in [2.75, 3.05) is 40.3 Å². The number of guanidine groups is 1. The van der Waals surface area contributed by atoms with Gasteiger partial charge in [-0.05, 0) is 70.2 Å². The van der Waals surface area contributed by atoms with E-state index in [0.29, 0.717) is 6.54 Å². The molecule has 6 heteroatoms. The quantitative estimate of drug-likeness (QED) is 0.503. The molecule has 29 heavy (non-hydrogen) atoms. The first-order chi connectivity index (χ1) is 14.2. The van der Waals surface area contributed by atoms with E-state index in [-0.39, 0.29) is 6.04 Å². The van der Waals surface area contributed by atoms with Crippen molar-refractivity contribution in [1.82, 2.24) is 20.4 Å². The van der Waals surface area contributed by atoms with E-state index in [9.17, 15) is 0 Å². The summed E-state index contributed by atoms with van der Waals surface area (Å²) in [7, 11) is 4.19. The lowest BCUT2D eigenvalue weighted by Crippen LogP contribution is -2.42. The summed E-state index contributed by atoms with van der Waals surface area (Å²) in [6, 6.07) is 12.8. The van der Waals surface area contributed by atoms with Crippen LogP contribution in [-0.4, -0.2) is 56.0 Å². The smallest absolute Gasteiger partial charge is 0.191 e. The van der Waals surface area contributed by atoms with Crippen molar-refractivity contribution in [1.29, 1.82) is 0 Å². The lowest BCUT2D eigenvalue weighted by atomic mass is 10.1. The van der Waals surface area contributed by atoms with E-state index >= 15 is 0 Å². The normalized spacial score (nSPS) is 16.3. The monoisotopic (exact) mass is 397 g/mol. The Bertz CT molecular complexity index is 750. The molecule has 0 bridgehead atoms. The molecular formula is C23H35N5O. The number of rotatable bonds is 9. The molecule has 0 saturated carbocycles. The van der Waals surface area contributed by atoms with Gasteiger partial charge in [-0.2, -0.15) is 0 Å². The number of benzene rings is 1. The van der Waals surface area contributed by atoms with E-state index in [1.165, 1.54) is 24.0 Å². The van der Waals surface area contributed by atoms with Gasteiger partial charge < -0.3 is 20.0 Å². The second kappa shape index (κ2) is 11.0. The summed E-state index contributed by atoms with van der Waals surface area (Å²) in [4.78, 5) is 9.55. The Kier molecular flexibility index (Phi) is 8.14. The molecule has 0 spiro atoms. The largest absolute Gasteiger partial charge is 0.468 e. The lowest BCUT2D eigenvalue weighted by molar-refractivity contribution is 0.215. The SMILES string of the molecule is CCNC(=NCc1ccccc1CN(C)C)NCC(c1ccco1)N1CCCC1. The molecule has 1 fully saturated rings. The van der Waals surface area contributed by atoms with E-state index in [4.69, 9.17) is 9.41 Å². The van der Waals surface area contributed by atoms with Gasteiger partial charge in [0.1, 0.15) is 5.76 Å². The van der Waals surface area contributed by atoms with Crippen molar-refractivity contribution in [2.45, 2.75) is 38.9 Å². The number of hydrogen-bond acceptors (Lipinski definition) is 4. The predicted octanol–water partition coefficient (Wildman–Crippen LogP) is 3.23. The van der Waals surface area contributed by atoms with Crippen molar-refractivity contribution in [3.05, 3.63) is 59.5 Å². The van der Waals surface area contributed by atoms with Crippen LogP contribution in [0.3, 0.4) is 0 Å². The number of nitrogens with one attached hydrogen (secondary N) is 2. The van der Waals surface area contributed by atoms with Crippen molar-refractivity contribution < 1.29 is 4.42 Å². The minimum Gasteiger partial charge on any atom is -0.468 e. The highest BCUT2D eigenvalue weighted by molar-refractivity contribution is 5.79. The molecule has 6 nitrogen and oxygen atoms in total. The molecular weight excluding hydrogens is 362 g/mol. The van der Waals surface area contributed by atoms with Gasteiger partial charge in [0, 0.05) is 19.6 Å². The van der Waals surface area contributed by atoms with Gasteiger partial charge in [0.05, 0.1) is 18.8 Å². The maximum atomic E-state index is 5.74. The molecule has 1 atom stereocenters. The Balaban J connectivity index is 1.67. The van der Waals surface area contributed by atoms with Crippen LogP contribution in [0.1, 0.15) is 42.7 Å². The minimum absolute atomic E-state index is 0.234. The van der Waals surface area contributed by atoms with E-state index in [2.05, 4.69) is 71.8 Å². The molecule has 3 rings (SSSR count). The minimum atomic E-state index is 0.234. The van der Waals surface area contributed by atoms with Gasteiger partial charge in [-0.15, -0.1) is 0 Å². The van der Waals surface area contributed by atoms with Crippen molar-refractivity contribution in [3.63, 3.8) is 0 Å². The van der Waals surface area contributed by atoms with Gasteiger partial charge in [0.15, 0.2) is 5.96 Å². The van der Waals surface area contributed by atoms with Crippen LogP contribution in [-0.2, 0) is 13.1 Å². The average Bonchev–Trinajstić information content (AvgIpc) is 3.41. The molecule has 1 aliphatic heterocycles. The molecule has 0 aliphatic carbocycles. The molecule has 2 aromatic rings. The first-order valence-corrected chi connectivity index (χ1v) is 10.7. The van der Waals surface area contributed by atoms with Crippen LogP contribution in [0.5, 0.6) is 0 Å². The van der Waals surface area contributed by atoms with Gasteiger partial charge in [-0.25, -0.2) is 4.99 Å². The first kappa shape index (κ1) is 21.4. The molecule has 2 heterocycles. The molecule has 1 aromatic heterocycles. The summed E-state index contributed by atoms with van der Waals surface area (Å²) in [6.45, 7) is 7.54. The van der Waals surface area contributed by atoms with Gasteiger partial charge in [-0.1, -0.05) is 24.3 Å². The summed E-state index contributed by atoms with van der Waals surface area (Å²) in [6.07, 6.45) is 4.28.